The van der Waals surface area contributed by atoms with E-state index in [1.54, 1.807) is 24.3 Å². The second-order valence-corrected chi connectivity index (χ2v) is 7.07. The van der Waals surface area contributed by atoms with Crippen LogP contribution in [0.4, 0.5) is 24.5 Å². The Labute approximate surface area is 194 Å². The van der Waals surface area contributed by atoms with E-state index in [0.29, 0.717) is 0 Å². The maximum Gasteiger partial charge on any atom is 0.416 e. The molecule has 34 heavy (non-hydrogen) atoms. The van der Waals surface area contributed by atoms with Crippen LogP contribution in [0.15, 0.2) is 65.8 Å². The van der Waals surface area contributed by atoms with Crippen molar-refractivity contribution in [1.29, 1.82) is 0 Å². The molecule has 0 unspecified atom stereocenters. The van der Waals surface area contributed by atoms with Gasteiger partial charge < -0.3 is 9.57 Å². The van der Waals surface area contributed by atoms with Crippen LogP contribution < -0.4 is 4.74 Å². The number of alkyl halides is 3. The highest BCUT2D eigenvalue weighted by Gasteiger charge is 2.38. The van der Waals surface area contributed by atoms with Crippen LogP contribution in [0, 0.1) is 20.2 Å². The molecule has 176 valence electrons. The van der Waals surface area contributed by atoms with Crippen molar-refractivity contribution in [2.24, 2.45) is 5.16 Å². The highest BCUT2D eigenvalue weighted by atomic mass is 35.5. The first kappa shape index (κ1) is 24.5. The number of halogens is 4. The van der Waals surface area contributed by atoms with Crippen molar-refractivity contribution < 1.29 is 32.6 Å². The van der Waals surface area contributed by atoms with E-state index < -0.39 is 38.7 Å². The molecule has 0 aliphatic heterocycles. The van der Waals surface area contributed by atoms with Gasteiger partial charge in [0, 0.05) is 22.7 Å². The van der Waals surface area contributed by atoms with Crippen LogP contribution in [0.1, 0.15) is 16.7 Å². The molecule has 13 heteroatoms. The summed E-state index contributed by atoms with van der Waals surface area (Å²) in [6.07, 6.45) is -3.91. The summed E-state index contributed by atoms with van der Waals surface area (Å²) in [6, 6.07) is 13.2. The average molecular weight is 496 g/mol. The quantitative estimate of drug-likeness (QED) is 0.199. The zero-order chi connectivity index (χ0) is 24.9. The minimum Gasteiger partial charge on any atom is -0.443 e. The Balaban J connectivity index is 1.98. The second-order valence-electron chi connectivity index (χ2n) is 6.63. The zero-order valence-electron chi connectivity index (χ0n) is 16.9. The number of nitrogens with zero attached hydrogens (tertiary/aromatic N) is 3. The van der Waals surface area contributed by atoms with Gasteiger partial charge in [0.05, 0.1) is 21.6 Å². The number of nitro benzene ring substituents is 2. The Morgan fingerprint density at radius 1 is 0.971 bits per heavy atom. The molecule has 3 rings (SSSR count). The fourth-order valence-electron chi connectivity index (χ4n) is 2.74. The minimum atomic E-state index is -5.05. The monoisotopic (exact) mass is 495 g/mol. The SMILES string of the molecule is O=[N+]([O-])c1cc(C(F)(F)F)cc([N+](=O)[O-])c1Oc1ccc(Cl)cc1/C=N\OCc1ccccc1. The first-order chi connectivity index (χ1) is 16.1. The van der Waals surface area contributed by atoms with Crippen molar-refractivity contribution in [3.63, 3.8) is 0 Å². The van der Waals surface area contributed by atoms with Gasteiger partial charge in [-0.3, -0.25) is 20.2 Å². The molecule has 0 amide bonds. The van der Waals surface area contributed by atoms with Gasteiger partial charge in [0.15, 0.2) is 0 Å². The molecule has 0 aliphatic carbocycles. The Bertz CT molecular complexity index is 1220. The van der Waals surface area contributed by atoms with Gasteiger partial charge in [-0.1, -0.05) is 47.1 Å². The van der Waals surface area contributed by atoms with Gasteiger partial charge in [-0.15, -0.1) is 0 Å². The maximum atomic E-state index is 13.1. The molecule has 3 aromatic rings. The molecule has 0 N–H and O–H groups in total. The van der Waals surface area contributed by atoms with E-state index >= 15 is 0 Å². The number of nitro groups is 2. The molecule has 0 aromatic heterocycles. The lowest BCUT2D eigenvalue weighted by Crippen LogP contribution is -2.08. The highest BCUT2D eigenvalue weighted by Crippen LogP contribution is 2.45. The highest BCUT2D eigenvalue weighted by molar-refractivity contribution is 6.30. The summed E-state index contributed by atoms with van der Waals surface area (Å²) in [6.45, 7) is 0.115. The van der Waals surface area contributed by atoms with E-state index in [1.165, 1.54) is 18.2 Å². The summed E-state index contributed by atoms with van der Waals surface area (Å²) >= 11 is 5.96. The van der Waals surface area contributed by atoms with Crippen molar-refractivity contribution in [1.82, 2.24) is 0 Å². The molecule has 3 aromatic carbocycles. The maximum absolute atomic E-state index is 13.1. The molecule has 0 saturated carbocycles. The summed E-state index contributed by atoms with van der Waals surface area (Å²) in [5, 5.41) is 26.8. The number of hydrogen-bond donors (Lipinski definition) is 0. The van der Waals surface area contributed by atoms with Gasteiger partial charge in [0.25, 0.3) is 5.75 Å². The van der Waals surface area contributed by atoms with Gasteiger partial charge in [-0.2, -0.15) is 13.2 Å². The lowest BCUT2D eigenvalue weighted by atomic mass is 10.1. The molecule has 0 aliphatic rings. The first-order valence-electron chi connectivity index (χ1n) is 9.27. The van der Waals surface area contributed by atoms with Crippen LogP contribution >= 0.6 is 11.6 Å². The Hall–Kier alpha value is -4.19. The number of ether oxygens (including phenoxy) is 1. The summed E-state index contributed by atoms with van der Waals surface area (Å²) in [7, 11) is 0. The molecule has 0 fully saturated rings. The number of oxime groups is 1. The van der Waals surface area contributed by atoms with E-state index in [2.05, 4.69) is 5.16 Å². The molecule has 0 saturated heterocycles. The molecule has 0 spiro atoms. The molecular weight excluding hydrogens is 483 g/mol. The van der Waals surface area contributed by atoms with E-state index in [9.17, 15) is 33.4 Å². The van der Waals surface area contributed by atoms with Crippen LogP contribution in [-0.4, -0.2) is 16.1 Å². The zero-order valence-corrected chi connectivity index (χ0v) is 17.6. The van der Waals surface area contributed by atoms with E-state index in [1.807, 2.05) is 6.07 Å². The van der Waals surface area contributed by atoms with Gasteiger partial charge >= 0.3 is 17.6 Å². The fraction of sp³-hybridized carbons (Fsp3) is 0.0952. The van der Waals surface area contributed by atoms with Crippen LogP contribution in [0.25, 0.3) is 0 Å². The molecule has 9 nitrogen and oxygen atoms in total. The standard InChI is InChI=1S/C21H13ClF3N3O6/c22-16-6-7-19(14(8-16)11-26-33-12-13-4-2-1-3-5-13)34-20-17(27(29)30)9-15(21(23,24)25)10-18(20)28(31)32/h1-11H,12H2/b26-11-. The topological polar surface area (TPSA) is 117 Å². The molecule has 0 radical (unpaired) electrons. The summed E-state index contributed by atoms with van der Waals surface area (Å²) in [5.41, 5.74) is -3.12. The smallest absolute Gasteiger partial charge is 0.416 e. The van der Waals surface area contributed by atoms with Crippen LogP contribution in [0.2, 0.25) is 5.02 Å². The van der Waals surface area contributed by atoms with E-state index in [-0.39, 0.29) is 35.1 Å². The lowest BCUT2D eigenvalue weighted by Gasteiger charge is -2.12. The number of hydrogen-bond acceptors (Lipinski definition) is 7. The van der Waals surface area contributed by atoms with Gasteiger partial charge in [-0.05, 0) is 23.8 Å². The number of benzene rings is 3. The lowest BCUT2D eigenvalue weighted by molar-refractivity contribution is -0.396. The first-order valence-corrected chi connectivity index (χ1v) is 9.64. The Morgan fingerprint density at radius 3 is 2.15 bits per heavy atom. The minimum absolute atomic E-state index is 0.101. The van der Waals surface area contributed by atoms with Crippen LogP contribution in [-0.2, 0) is 17.6 Å². The average Bonchev–Trinajstić information content (AvgIpc) is 2.78. The van der Waals surface area contributed by atoms with Crippen molar-refractivity contribution in [2.75, 3.05) is 0 Å². The van der Waals surface area contributed by atoms with Crippen molar-refractivity contribution in [3.05, 3.63) is 103 Å². The third kappa shape index (κ3) is 5.98. The summed E-state index contributed by atoms with van der Waals surface area (Å²) in [5.74, 6) is -1.17. The Kier molecular flexibility index (Phi) is 7.31. The van der Waals surface area contributed by atoms with Crippen LogP contribution in [0.3, 0.4) is 0 Å². The number of rotatable bonds is 8. The van der Waals surface area contributed by atoms with Crippen molar-refractivity contribution >= 4 is 29.2 Å². The van der Waals surface area contributed by atoms with Crippen LogP contribution in [0.5, 0.6) is 11.5 Å². The third-order valence-corrected chi connectivity index (χ3v) is 4.53. The molecular formula is C21H13ClF3N3O6. The molecule has 0 bridgehead atoms. The summed E-state index contributed by atoms with van der Waals surface area (Å²) < 4.78 is 44.7. The van der Waals surface area contributed by atoms with Gasteiger partial charge in [0.1, 0.15) is 12.4 Å². The van der Waals surface area contributed by atoms with E-state index in [4.69, 9.17) is 21.2 Å². The summed E-state index contributed by atoms with van der Waals surface area (Å²) in [4.78, 5) is 25.6. The largest absolute Gasteiger partial charge is 0.443 e. The fourth-order valence-corrected chi connectivity index (χ4v) is 2.92. The van der Waals surface area contributed by atoms with E-state index in [0.717, 1.165) is 11.8 Å². The van der Waals surface area contributed by atoms with Crippen molar-refractivity contribution in [3.8, 4) is 11.5 Å². The second kappa shape index (κ2) is 10.2. The molecule has 0 heterocycles. The predicted molar refractivity (Wildman–Crippen MR) is 115 cm³/mol. The van der Waals surface area contributed by atoms with Gasteiger partial charge in [-0.25, -0.2) is 0 Å². The predicted octanol–water partition coefficient (Wildman–Crippen LogP) is 6.52. The third-order valence-electron chi connectivity index (χ3n) is 4.29. The van der Waals surface area contributed by atoms with Crippen molar-refractivity contribution in [2.45, 2.75) is 12.8 Å². The Morgan fingerprint density at radius 2 is 1.59 bits per heavy atom. The van der Waals surface area contributed by atoms with Gasteiger partial charge in [0.2, 0.25) is 0 Å². The molecule has 0 atom stereocenters. The normalized spacial score (nSPS) is 11.4.